The normalized spacial score (nSPS) is 11.0. The van der Waals surface area contributed by atoms with E-state index in [1.807, 2.05) is 30.3 Å². The second-order valence-corrected chi connectivity index (χ2v) is 7.82. The molecule has 1 heterocycles. The largest absolute Gasteiger partial charge is 0.477 e. The molecule has 2 N–H and O–H groups in total. The molecule has 0 aliphatic carbocycles. The maximum absolute atomic E-state index is 13.2. The van der Waals surface area contributed by atoms with Crippen LogP contribution in [0.4, 0.5) is 10.5 Å². The fraction of sp³-hybridized carbons (Fsp3) is 0.115. The summed E-state index contributed by atoms with van der Waals surface area (Å²) >= 11 is 0. The van der Waals surface area contributed by atoms with Crippen LogP contribution in [0, 0.1) is 0 Å². The van der Waals surface area contributed by atoms with Gasteiger partial charge in [0.1, 0.15) is 5.56 Å². The summed E-state index contributed by atoms with van der Waals surface area (Å²) in [6.45, 7) is 4.24. The van der Waals surface area contributed by atoms with Crippen LogP contribution in [-0.2, 0) is 0 Å². The third-order valence-electron chi connectivity index (χ3n) is 5.39. The molecule has 0 unspecified atom stereocenters. The Morgan fingerprint density at radius 1 is 0.938 bits per heavy atom. The maximum atomic E-state index is 13.2. The fourth-order valence-electron chi connectivity index (χ4n) is 3.68. The number of carboxylic acid groups (broad SMARTS) is 1. The Labute approximate surface area is 184 Å². The number of nitrogens with one attached hydrogen (secondary N) is 1. The number of rotatable bonds is 4. The Morgan fingerprint density at radius 2 is 1.66 bits per heavy atom. The van der Waals surface area contributed by atoms with E-state index in [4.69, 9.17) is 0 Å². The van der Waals surface area contributed by atoms with E-state index in [0.29, 0.717) is 17.1 Å². The van der Waals surface area contributed by atoms with Crippen LogP contribution < -0.4 is 10.7 Å². The first kappa shape index (κ1) is 21.1. The van der Waals surface area contributed by atoms with Gasteiger partial charge >= 0.3 is 12.0 Å². The van der Waals surface area contributed by atoms with Crippen molar-refractivity contribution in [3.8, 4) is 11.1 Å². The highest BCUT2D eigenvalue weighted by Crippen LogP contribution is 2.30. The number of anilines is 1. The number of aromatic carboxylic acids is 1. The highest BCUT2D eigenvalue weighted by molar-refractivity contribution is 6.02. The van der Waals surface area contributed by atoms with Crippen LogP contribution in [0.15, 0.2) is 83.8 Å². The average molecular weight is 426 g/mol. The first-order valence-electron chi connectivity index (χ1n) is 10.2. The SMILES string of the molecule is CC(C)c1cccc(-c2ccccc2NC(=O)n2cc(C(=O)O)c(=O)c3ccccc32)c1. The van der Waals surface area contributed by atoms with Gasteiger partial charge in [-0.15, -0.1) is 0 Å². The zero-order chi connectivity index (χ0) is 22.8. The van der Waals surface area contributed by atoms with Crippen LogP contribution in [-0.4, -0.2) is 21.7 Å². The molecule has 1 amide bonds. The second kappa shape index (κ2) is 8.51. The lowest BCUT2D eigenvalue weighted by Crippen LogP contribution is -2.25. The van der Waals surface area contributed by atoms with Gasteiger partial charge < -0.3 is 10.4 Å². The lowest BCUT2D eigenvalue weighted by atomic mass is 9.96. The van der Waals surface area contributed by atoms with Crippen LogP contribution in [0.1, 0.15) is 35.7 Å². The van der Waals surface area contributed by atoms with Crippen LogP contribution in [0.25, 0.3) is 22.0 Å². The number of carbonyl (C=O) groups excluding carboxylic acids is 1. The smallest absolute Gasteiger partial charge is 0.341 e. The fourth-order valence-corrected chi connectivity index (χ4v) is 3.68. The van der Waals surface area contributed by atoms with E-state index in [-0.39, 0.29) is 5.39 Å². The van der Waals surface area contributed by atoms with Gasteiger partial charge in [-0.1, -0.05) is 68.4 Å². The topological polar surface area (TPSA) is 88.4 Å². The van der Waals surface area contributed by atoms with Crippen LogP contribution in [0.3, 0.4) is 0 Å². The lowest BCUT2D eigenvalue weighted by Gasteiger charge is -2.15. The minimum Gasteiger partial charge on any atom is -0.477 e. The molecule has 0 fully saturated rings. The third kappa shape index (κ3) is 3.90. The molecule has 3 aromatic carbocycles. The van der Waals surface area contributed by atoms with Crippen LogP contribution in [0.2, 0.25) is 0 Å². The summed E-state index contributed by atoms with van der Waals surface area (Å²) in [5, 5.41) is 12.5. The minimum atomic E-state index is -1.38. The van der Waals surface area contributed by atoms with E-state index < -0.39 is 23.0 Å². The van der Waals surface area contributed by atoms with E-state index in [9.17, 15) is 19.5 Å². The van der Waals surface area contributed by atoms with Gasteiger partial charge in [0.05, 0.1) is 11.2 Å². The molecule has 0 bridgehead atoms. The molecule has 0 aliphatic heterocycles. The highest BCUT2D eigenvalue weighted by atomic mass is 16.4. The minimum absolute atomic E-state index is 0.167. The summed E-state index contributed by atoms with van der Waals surface area (Å²) in [4.78, 5) is 37.3. The molecule has 4 rings (SSSR count). The molecule has 160 valence electrons. The first-order chi connectivity index (χ1) is 15.4. The van der Waals surface area contributed by atoms with Gasteiger partial charge in [0.25, 0.3) is 0 Å². The van der Waals surface area contributed by atoms with E-state index in [1.54, 1.807) is 24.3 Å². The van der Waals surface area contributed by atoms with Crippen molar-refractivity contribution in [3.63, 3.8) is 0 Å². The Kier molecular flexibility index (Phi) is 5.60. The molecule has 0 saturated heterocycles. The second-order valence-electron chi connectivity index (χ2n) is 7.82. The zero-order valence-electron chi connectivity index (χ0n) is 17.7. The van der Waals surface area contributed by atoms with Crippen molar-refractivity contribution >= 4 is 28.6 Å². The lowest BCUT2D eigenvalue weighted by molar-refractivity contribution is 0.0695. The Balaban J connectivity index is 1.79. The predicted octanol–water partition coefficient (Wildman–Crippen LogP) is 5.57. The highest BCUT2D eigenvalue weighted by Gasteiger charge is 2.18. The molecule has 0 atom stereocenters. The molecular formula is C26H22N2O4. The van der Waals surface area contributed by atoms with E-state index >= 15 is 0 Å². The number of hydrogen-bond donors (Lipinski definition) is 2. The van der Waals surface area contributed by atoms with Gasteiger partial charge in [0.2, 0.25) is 5.43 Å². The number of fused-ring (bicyclic) bond motifs is 1. The molecule has 1 aromatic heterocycles. The van der Waals surface area contributed by atoms with Crippen molar-refractivity contribution < 1.29 is 14.7 Å². The van der Waals surface area contributed by atoms with Gasteiger partial charge in [-0.25, -0.2) is 9.59 Å². The number of benzene rings is 3. The van der Waals surface area contributed by atoms with Crippen molar-refractivity contribution in [3.05, 3.63) is 100 Å². The molecule has 6 heteroatoms. The van der Waals surface area contributed by atoms with Crippen LogP contribution >= 0.6 is 0 Å². The number of carbonyl (C=O) groups is 2. The summed E-state index contributed by atoms with van der Waals surface area (Å²) in [7, 11) is 0. The van der Waals surface area contributed by atoms with Gasteiger partial charge in [-0.2, -0.15) is 0 Å². The quantitative estimate of drug-likeness (QED) is 0.446. The molecule has 32 heavy (non-hydrogen) atoms. The molecule has 4 aromatic rings. The standard InChI is InChI=1S/C26H22N2O4/c1-16(2)17-8-7-9-18(14-17)19-10-3-5-12-22(19)27-26(32)28-15-21(25(30)31)24(29)20-11-4-6-13-23(20)28/h3-16H,1-2H3,(H,27,32)(H,30,31). The number of nitrogens with zero attached hydrogens (tertiary/aromatic N) is 1. The number of aromatic nitrogens is 1. The molecule has 0 saturated carbocycles. The van der Waals surface area contributed by atoms with Gasteiger partial charge in [0.15, 0.2) is 0 Å². The Morgan fingerprint density at radius 3 is 2.41 bits per heavy atom. The van der Waals surface area contributed by atoms with Gasteiger partial charge in [-0.3, -0.25) is 9.36 Å². The van der Waals surface area contributed by atoms with E-state index in [1.165, 1.54) is 16.2 Å². The molecule has 0 spiro atoms. The number of carboxylic acids is 1. The number of para-hydroxylation sites is 2. The molecule has 0 aliphatic rings. The number of hydrogen-bond acceptors (Lipinski definition) is 3. The summed E-state index contributed by atoms with van der Waals surface area (Å²) in [6.07, 6.45) is 1.07. The molecular weight excluding hydrogens is 404 g/mol. The summed E-state index contributed by atoms with van der Waals surface area (Å²) in [5.41, 5.74) is 2.81. The van der Waals surface area contributed by atoms with Crippen LogP contribution in [0.5, 0.6) is 0 Å². The van der Waals surface area contributed by atoms with Crippen molar-refractivity contribution in [1.29, 1.82) is 0 Å². The Hall–Kier alpha value is -4.19. The monoisotopic (exact) mass is 426 g/mol. The van der Waals surface area contributed by atoms with Gasteiger partial charge in [0, 0.05) is 17.1 Å². The van der Waals surface area contributed by atoms with E-state index in [2.05, 4.69) is 31.3 Å². The van der Waals surface area contributed by atoms with Crippen molar-refractivity contribution in [1.82, 2.24) is 4.57 Å². The molecule has 6 nitrogen and oxygen atoms in total. The average Bonchev–Trinajstić information content (AvgIpc) is 2.79. The molecule has 0 radical (unpaired) electrons. The number of amides is 1. The Bertz CT molecular complexity index is 1400. The van der Waals surface area contributed by atoms with Crippen molar-refractivity contribution in [2.75, 3.05) is 5.32 Å². The third-order valence-corrected chi connectivity index (χ3v) is 5.39. The van der Waals surface area contributed by atoms with Crippen molar-refractivity contribution in [2.24, 2.45) is 0 Å². The van der Waals surface area contributed by atoms with Gasteiger partial charge in [-0.05, 0) is 35.2 Å². The number of pyridine rings is 1. The summed E-state index contributed by atoms with van der Waals surface area (Å²) in [5.74, 6) is -1.02. The zero-order valence-corrected chi connectivity index (χ0v) is 17.7. The summed E-state index contributed by atoms with van der Waals surface area (Å²) < 4.78 is 1.17. The predicted molar refractivity (Wildman–Crippen MR) is 126 cm³/mol. The summed E-state index contributed by atoms with van der Waals surface area (Å²) in [6, 6.07) is 21.4. The van der Waals surface area contributed by atoms with Crippen molar-refractivity contribution in [2.45, 2.75) is 19.8 Å². The van der Waals surface area contributed by atoms with E-state index in [0.717, 1.165) is 17.3 Å². The maximum Gasteiger partial charge on any atom is 0.341 e. The first-order valence-corrected chi connectivity index (χ1v) is 10.2.